The van der Waals surface area contributed by atoms with Crippen LogP contribution in [0.1, 0.15) is 31.2 Å². The molecule has 0 bridgehead atoms. The van der Waals surface area contributed by atoms with Gasteiger partial charge in [0.15, 0.2) is 0 Å². The standard InChI is InChI=1S/C13H15FN2O2/c1-7(2)9-5-11(14)10(6-12(9)17-4)13-16-15-8(3)18-13/h5-7H,1-4H3. The Morgan fingerprint density at radius 1 is 1.28 bits per heavy atom. The van der Waals surface area contributed by atoms with Gasteiger partial charge in [0.25, 0.3) is 5.89 Å². The van der Waals surface area contributed by atoms with Crippen molar-refractivity contribution in [3.8, 4) is 17.2 Å². The van der Waals surface area contributed by atoms with Crippen molar-refractivity contribution in [1.29, 1.82) is 0 Å². The summed E-state index contributed by atoms with van der Waals surface area (Å²) in [5, 5.41) is 7.51. The first-order valence-electron chi connectivity index (χ1n) is 5.70. The van der Waals surface area contributed by atoms with E-state index in [-0.39, 0.29) is 23.2 Å². The minimum atomic E-state index is -0.386. The third-order valence-electron chi connectivity index (χ3n) is 2.70. The van der Waals surface area contributed by atoms with Crippen LogP contribution in [0.25, 0.3) is 11.5 Å². The molecule has 0 unspecified atom stereocenters. The summed E-state index contributed by atoms with van der Waals surface area (Å²) in [6.45, 7) is 5.62. The lowest BCUT2D eigenvalue weighted by Gasteiger charge is -2.13. The lowest BCUT2D eigenvalue weighted by Crippen LogP contribution is -1.97. The highest BCUT2D eigenvalue weighted by atomic mass is 19.1. The second kappa shape index (κ2) is 4.76. The van der Waals surface area contributed by atoms with Gasteiger partial charge in [-0.05, 0) is 23.6 Å². The van der Waals surface area contributed by atoms with Crippen LogP contribution in [0.2, 0.25) is 0 Å². The number of nitrogens with zero attached hydrogens (tertiary/aromatic N) is 2. The molecule has 1 aromatic heterocycles. The molecule has 0 aliphatic heterocycles. The maximum Gasteiger partial charge on any atom is 0.250 e. The molecule has 0 aliphatic rings. The number of halogens is 1. The average molecular weight is 250 g/mol. The molecule has 18 heavy (non-hydrogen) atoms. The number of benzene rings is 1. The number of hydrogen-bond donors (Lipinski definition) is 0. The summed E-state index contributed by atoms with van der Waals surface area (Å²) in [7, 11) is 1.56. The molecule has 96 valence electrons. The van der Waals surface area contributed by atoms with Gasteiger partial charge in [-0.25, -0.2) is 4.39 Å². The van der Waals surface area contributed by atoms with Gasteiger partial charge in [-0.2, -0.15) is 0 Å². The van der Waals surface area contributed by atoms with Gasteiger partial charge in [0.05, 0.1) is 12.7 Å². The van der Waals surface area contributed by atoms with Crippen molar-refractivity contribution in [2.45, 2.75) is 26.7 Å². The average Bonchev–Trinajstić information content (AvgIpc) is 2.75. The summed E-state index contributed by atoms with van der Waals surface area (Å²) in [5.74, 6) is 0.975. The summed E-state index contributed by atoms with van der Waals surface area (Å²) in [6.07, 6.45) is 0. The first-order chi connectivity index (χ1) is 8.52. The summed E-state index contributed by atoms with van der Waals surface area (Å²) >= 11 is 0. The molecule has 0 N–H and O–H groups in total. The summed E-state index contributed by atoms with van der Waals surface area (Å²) in [6, 6.07) is 3.05. The molecular formula is C13H15FN2O2. The lowest BCUT2D eigenvalue weighted by atomic mass is 9.99. The third-order valence-corrected chi connectivity index (χ3v) is 2.70. The zero-order chi connectivity index (χ0) is 13.3. The van der Waals surface area contributed by atoms with E-state index in [9.17, 15) is 4.39 Å². The molecule has 1 heterocycles. The molecule has 0 fully saturated rings. The van der Waals surface area contributed by atoms with E-state index in [0.29, 0.717) is 11.6 Å². The summed E-state index contributed by atoms with van der Waals surface area (Å²) < 4.78 is 24.5. The van der Waals surface area contributed by atoms with Crippen LogP contribution in [0, 0.1) is 12.7 Å². The smallest absolute Gasteiger partial charge is 0.250 e. The van der Waals surface area contributed by atoms with E-state index in [4.69, 9.17) is 9.15 Å². The molecule has 0 aliphatic carbocycles. The molecule has 0 radical (unpaired) electrons. The summed E-state index contributed by atoms with van der Waals surface area (Å²) in [5.41, 5.74) is 1.08. The molecule has 2 aromatic rings. The molecule has 0 saturated heterocycles. The van der Waals surface area contributed by atoms with Crippen molar-refractivity contribution in [1.82, 2.24) is 10.2 Å². The zero-order valence-electron chi connectivity index (χ0n) is 10.8. The Bertz CT molecular complexity index is 564. The Balaban J connectivity index is 2.56. The first-order valence-corrected chi connectivity index (χ1v) is 5.70. The molecule has 1 aromatic carbocycles. The highest BCUT2D eigenvalue weighted by molar-refractivity contribution is 5.59. The predicted octanol–water partition coefficient (Wildman–Crippen LogP) is 3.32. The Hall–Kier alpha value is -1.91. The highest BCUT2D eigenvalue weighted by Gasteiger charge is 2.17. The van der Waals surface area contributed by atoms with Crippen LogP contribution in [-0.4, -0.2) is 17.3 Å². The molecule has 4 nitrogen and oxygen atoms in total. The number of ether oxygens (including phenoxy) is 1. The molecular weight excluding hydrogens is 235 g/mol. The van der Waals surface area contributed by atoms with Crippen LogP contribution in [0.5, 0.6) is 5.75 Å². The minimum absolute atomic E-state index is 0.165. The van der Waals surface area contributed by atoms with Crippen LogP contribution in [0.3, 0.4) is 0 Å². The first kappa shape index (κ1) is 12.5. The largest absolute Gasteiger partial charge is 0.496 e. The second-order valence-electron chi connectivity index (χ2n) is 4.35. The Morgan fingerprint density at radius 2 is 2.00 bits per heavy atom. The maximum atomic E-state index is 14.0. The van der Waals surface area contributed by atoms with E-state index < -0.39 is 0 Å². The molecule has 0 spiro atoms. The quantitative estimate of drug-likeness (QED) is 0.838. The van der Waals surface area contributed by atoms with Crippen molar-refractivity contribution in [3.63, 3.8) is 0 Å². The van der Waals surface area contributed by atoms with Gasteiger partial charge in [0.1, 0.15) is 11.6 Å². The van der Waals surface area contributed by atoms with Crippen molar-refractivity contribution in [2.24, 2.45) is 0 Å². The lowest BCUT2D eigenvalue weighted by molar-refractivity contribution is 0.406. The van der Waals surface area contributed by atoms with Gasteiger partial charge in [-0.3, -0.25) is 0 Å². The van der Waals surface area contributed by atoms with E-state index in [0.717, 1.165) is 5.56 Å². The van der Waals surface area contributed by atoms with Gasteiger partial charge in [0, 0.05) is 6.92 Å². The fraction of sp³-hybridized carbons (Fsp3) is 0.385. The molecule has 0 atom stereocenters. The van der Waals surface area contributed by atoms with E-state index in [1.54, 1.807) is 20.1 Å². The van der Waals surface area contributed by atoms with Crippen LogP contribution in [0.15, 0.2) is 16.5 Å². The molecule has 2 rings (SSSR count). The van der Waals surface area contributed by atoms with Crippen molar-refractivity contribution in [2.75, 3.05) is 7.11 Å². The zero-order valence-corrected chi connectivity index (χ0v) is 10.8. The normalized spacial score (nSPS) is 11.0. The van der Waals surface area contributed by atoms with Gasteiger partial charge in [-0.1, -0.05) is 13.8 Å². The van der Waals surface area contributed by atoms with Gasteiger partial charge < -0.3 is 9.15 Å². The second-order valence-corrected chi connectivity index (χ2v) is 4.35. The van der Waals surface area contributed by atoms with Crippen LogP contribution in [-0.2, 0) is 0 Å². The van der Waals surface area contributed by atoms with Gasteiger partial charge in [-0.15, -0.1) is 10.2 Å². The number of hydrogen-bond acceptors (Lipinski definition) is 4. The van der Waals surface area contributed by atoms with Crippen molar-refractivity contribution >= 4 is 0 Å². The van der Waals surface area contributed by atoms with Crippen LogP contribution >= 0.6 is 0 Å². The SMILES string of the molecule is COc1cc(-c2nnc(C)o2)c(F)cc1C(C)C. The molecule has 0 saturated carbocycles. The number of rotatable bonds is 3. The third kappa shape index (κ3) is 2.20. The molecule has 5 heteroatoms. The number of methoxy groups -OCH3 is 1. The van der Waals surface area contributed by atoms with Crippen molar-refractivity contribution in [3.05, 3.63) is 29.4 Å². The number of aryl methyl sites for hydroxylation is 1. The Kier molecular flexibility index (Phi) is 3.32. The maximum absolute atomic E-state index is 14.0. The Labute approximate surface area is 105 Å². The monoisotopic (exact) mass is 250 g/mol. The van der Waals surface area contributed by atoms with Crippen molar-refractivity contribution < 1.29 is 13.5 Å². The number of aromatic nitrogens is 2. The topological polar surface area (TPSA) is 48.2 Å². The van der Waals surface area contributed by atoms with E-state index in [2.05, 4.69) is 10.2 Å². The van der Waals surface area contributed by atoms with Gasteiger partial charge in [0.2, 0.25) is 5.89 Å². The predicted molar refractivity (Wildman–Crippen MR) is 65.1 cm³/mol. The van der Waals surface area contributed by atoms with Crippen LogP contribution < -0.4 is 4.74 Å². The van der Waals surface area contributed by atoms with Crippen LogP contribution in [0.4, 0.5) is 4.39 Å². The fourth-order valence-corrected chi connectivity index (χ4v) is 1.77. The minimum Gasteiger partial charge on any atom is -0.496 e. The van der Waals surface area contributed by atoms with E-state index >= 15 is 0 Å². The summed E-state index contributed by atoms with van der Waals surface area (Å²) in [4.78, 5) is 0. The molecule has 0 amide bonds. The van der Waals surface area contributed by atoms with E-state index in [1.807, 2.05) is 13.8 Å². The Morgan fingerprint density at radius 3 is 2.50 bits per heavy atom. The van der Waals surface area contributed by atoms with Gasteiger partial charge >= 0.3 is 0 Å². The van der Waals surface area contributed by atoms with E-state index in [1.165, 1.54) is 6.07 Å². The fourth-order valence-electron chi connectivity index (χ4n) is 1.77. The highest BCUT2D eigenvalue weighted by Crippen LogP contribution is 2.33.